The van der Waals surface area contributed by atoms with Gasteiger partial charge in [0.05, 0.1) is 6.16 Å². The van der Waals surface area contributed by atoms with Crippen LogP contribution >= 0.6 is 7.29 Å². The molecule has 2 rings (SSSR count). The van der Waals surface area contributed by atoms with Crippen LogP contribution in [0.3, 0.4) is 0 Å². The third-order valence-electron chi connectivity index (χ3n) is 2.17. The minimum absolute atomic E-state index is 0.760. The third kappa shape index (κ3) is 3.08. The minimum atomic E-state index is -6.00. The number of nitrogens with zero attached hydrogens (tertiary/aromatic N) is 1. The molecule has 2 heterocycles. The van der Waals surface area contributed by atoms with E-state index in [0.29, 0.717) is 0 Å². The van der Waals surface area contributed by atoms with Gasteiger partial charge in [-0.15, -0.1) is 4.34 Å². The zero-order valence-electron chi connectivity index (χ0n) is 8.83. The lowest BCUT2D eigenvalue weighted by atomic mass is 10.3. The SMILES string of the molecule is CCP1(=O)c2cc(C)cc[n+]21.F[B-](F)(F)F. The second kappa shape index (κ2) is 4.20. The van der Waals surface area contributed by atoms with E-state index < -0.39 is 14.5 Å². The number of fused-ring (bicyclic) bond motifs is 1. The molecule has 0 saturated carbocycles. The van der Waals surface area contributed by atoms with Crippen LogP contribution in [0.25, 0.3) is 0 Å². The lowest BCUT2D eigenvalue weighted by molar-refractivity contribution is -0.444. The molecule has 1 atom stereocenters. The molecule has 0 N–H and O–H groups in total. The van der Waals surface area contributed by atoms with E-state index in [9.17, 15) is 21.8 Å². The van der Waals surface area contributed by atoms with Crippen LogP contribution in [0.1, 0.15) is 12.5 Å². The van der Waals surface area contributed by atoms with Crippen molar-refractivity contribution < 1.29 is 26.2 Å². The van der Waals surface area contributed by atoms with Crippen molar-refractivity contribution in [3.8, 4) is 0 Å². The fourth-order valence-electron chi connectivity index (χ4n) is 1.37. The van der Waals surface area contributed by atoms with Crippen molar-refractivity contribution in [1.82, 2.24) is 0 Å². The minimum Gasteiger partial charge on any atom is -0.418 e. The average molecular weight is 255 g/mol. The van der Waals surface area contributed by atoms with Crippen molar-refractivity contribution in [2.24, 2.45) is 0 Å². The van der Waals surface area contributed by atoms with Crippen LogP contribution in [-0.4, -0.2) is 13.4 Å². The molecule has 1 aromatic rings. The maximum atomic E-state index is 11.8. The van der Waals surface area contributed by atoms with Gasteiger partial charge in [0, 0.05) is 12.1 Å². The average Bonchev–Trinajstić information content (AvgIpc) is 2.70. The van der Waals surface area contributed by atoms with Gasteiger partial charge in [-0.2, -0.15) is 0 Å². The summed E-state index contributed by atoms with van der Waals surface area (Å²) in [6.07, 6.45) is 2.69. The van der Waals surface area contributed by atoms with Crippen molar-refractivity contribution in [2.45, 2.75) is 13.8 Å². The lowest BCUT2D eigenvalue weighted by Gasteiger charge is -1.94. The summed E-state index contributed by atoms with van der Waals surface area (Å²) in [6, 6.07) is 4.02. The molecule has 8 heteroatoms. The van der Waals surface area contributed by atoms with Gasteiger partial charge in [-0.25, -0.2) is 4.57 Å². The van der Waals surface area contributed by atoms with Crippen LogP contribution in [0.5, 0.6) is 0 Å². The number of aryl methyl sites for hydroxylation is 1. The summed E-state index contributed by atoms with van der Waals surface area (Å²) in [4.78, 5) is 0. The molecule has 0 radical (unpaired) electrons. The van der Waals surface area contributed by atoms with E-state index >= 15 is 0 Å². The van der Waals surface area contributed by atoms with Gasteiger partial charge >= 0.3 is 20.0 Å². The molecule has 1 aliphatic rings. The van der Waals surface area contributed by atoms with Crippen LogP contribution in [-0.2, 0) is 4.57 Å². The Morgan fingerprint density at radius 3 is 2.25 bits per heavy atom. The second-order valence-corrected chi connectivity index (χ2v) is 6.34. The van der Waals surface area contributed by atoms with Gasteiger partial charge in [0.15, 0.2) is 6.20 Å². The quantitative estimate of drug-likeness (QED) is 0.428. The number of halogens is 4. The molecule has 1 unspecified atom stereocenters. The zero-order chi connectivity index (χ0) is 12.6. The summed E-state index contributed by atoms with van der Waals surface area (Å²) in [5.74, 6) is 0. The third-order valence-corrected chi connectivity index (χ3v) is 4.94. The molecule has 0 aliphatic carbocycles. The highest BCUT2D eigenvalue weighted by Gasteiger charge is 2.57. The van der Waals surface area contributed by atoms with Crippen molar-refractivity contribution in [2.75, 3.05) is 6.16 Å². The highest BCUT2D eigenvalue weighted by Crippen LogP contribution is 2.47. The van der Waals surface area contributed by atoms with E-state index in [1.165, 1.54) is 5.56 Å². The van der Waals surface area contributed by atoms with Gasteiger partial charge in [-0.05, 0) is 12.5 Å². The Hall–Kier alpha value is -0.835. The van der Waals surface area contributed by atoms with Crippen molar-refractivity contribution in [3.05, 3.63) is 23.9 Å². The van der Waals surface area contributed by atoms with Crippen molar-refractivity contribution in [1.29, 1.82) is 0 Å². The van der Waals surface area contributed by atoms with E-state index in [-0.39, 0.29) is 0 Å². The van der Waals surface area contributed by atoms with Gasteiger partial charge < -0.3 is 17.3 Å². The first-order valence-electron chi connectivity index (χ1n) is 4.68. The number of hydrogen-bond donors (Lipinski definition) is 0. The van der Waals surface area contributed by atoms with E-state index in [4.69, 9.17) is 0 Å². The van der Waals surface area contributed by atoms with Gasteiger partial charge in [0.25, 0.3) is 0 Å². The Morgan fingerprint density at radius 2 is 1.88 bits per heavy atom. The van der Waals surface area contributed by atoms with E-state index in [1.807, 2.05) is 36.5 Å². The highest BCUT2D eigenvalue weighted by atomic mass is 31.2. The molecule has 0 aromatic carbocycles. The number of rotatable bonds is 1. The summed E-state index contributed by atoms with van der Waals surface area (Å²) < 4.78 is 52.7. The Labute approximate surface area is 90.8 Å². The first-order valence-corrected chi connectivity index (χ1v) is 6.53. The topological polar surface area (TPSA) is 20.9 Å². The fourth-order valence-corrected chi connectivity index (χ4v) is 3.65. The van der Waals surface area contributed by atoms with Crippen LogP contribution in [0.4, 0.5) is 17.3 Å². The smallest absolute Gasteiger partial charge is 0.418 e. The fraction of sp³-hybridized carbons (Fsp3) is 0.375. The van der Waals surface area contributed by atoms with E-state index in [2.05, 4.69) is 0 Å². The summed E-state index contributed by atoms with van der Waals surface area (Å²) in [6.45, 7) is 4.00. The van der Waals surface area contributed by atoms with Crippen molar-refractivity contribution in [3.63, 3.8) is 0 Å². The summed E-state index contributed by atoms with van der Waals surface area (Å²) in [5, 5.41) is 0. The first kappa shape index (κ1) is 13.2. The maximum absolute atomic E-state index is 11.8. The number of aromatic nitrogens is 1. The summed E-state index contributed by atoms with van der Waals surface area (Å²) in [7, 11) is -8.00. The molecule has 1 aliphatic heterocycles. The van der Waals surface area contributed by atoms with Crippen LogP contribution in [0.2, 0.25) is 0 Å². The predicted molar refractivity (Wildman–Crippen MR) is 54.7 cm³/mol. The highest BCUT2D eigenvalue weighted by molar-refractivity contribution is 7.70. The number of hydrogen-bond acceptors (Lipinski definition) is 1. The van der Waals surface area contributed by atoms with Crippen molar-refractivity contribution >= 4 is 20.0 Å². The van der Waals surface area contributed by atoms with Gasteiger partial charge in [-0.3, -0.25) is 0 Å². The first-order chi connectivity index (χ1) is 7.18. The maximum Gasteiger partial charge on any atom is 0.673 e. The summed E-state index contributed by atoms with van der Waals surface area (Å²) in [5.41, 5.74) is 2.24. The van der Waals surface area contributed by atoms with Gasteiger partial charge in [0.1, 0.15) is 0 Å². The Kier molecular flexibility index (Phi) is 3.48. The molecule has 90 valence electrons. The Morgan fingerprint density at radius 1 is 1.38 bits per heavy atom. The number of pyridine rings is 1. The molecule has 0 spiro atoms. The monoisotopic (exact) mass is 255 g/mol. The molecular formula is C8H11BF4NOP. The normalized spacial score (nSPS) is 21.9. The Balaban J connectivity index is 0.000000221. The zero-order valence-corrected chi connectivity index (χ0v) is 9.73. The molecule has 0 saturated heterocycles. The van der Waals surface area contributed by atoms with Gasteiger partial charge in [0.2, 0.25) is 0 Å². The van der Waals surface area contributed by atoms with Crippen LogP contribution in [0, 0.1) is 6.92 Å². The molecule has 0 amide bonds. The van der Waals surface area contributed by atoms with E-state index in [0.717, 1.165) is 11.6 Å². The van der Waals surface area contributed by atoms with Crippen LogP contribution < -0.4 is 9.77 Å². The van der Waals surface area contributed by atoms with E-state index in [1.54, 1.807) is 0 Å². The van der Waals surface area contributed by atoms with Gasteiger partial charge in [-0.1, -0.05) is 6.92 Å². The largest absolute Gasteiger partial charge is 0.673 e. The molecule has 0 fully saturated rings. The lowest BCUT2D eigenvalue weighted by Crippen LogP contribution is -2.13. The molecule has 16 heavy (non-hydrogen) atoms. The molecule has 2 nitrogen and oxygen atoms in total. The predicted octanol–water partition coefficient (Wildman–Crippen LogP) is 2.37. The Bertz CT molecular complexity index is 442. The molecule has 1 aromatic heterocycles. The molecule has 0 bridgehead atoms. The molecular weight excluding hydrogens is 244 g/mol. The standard InChI is InChI=1S/C8H11NOP.BF4/c1-3-11(10)8-6-7(2)4-5-9(8)11;2-1(3,4)5/h4-6H,3H2,1-2H3;/q+1;-1. The second-order valence-electron chi connectivity index (χ2n) is 3.42. The van der Waals surface area contributed by atoms with Crippen LogP contribution in [0.15, 0.2) is 18.3 Å². The summed E-state index contributed by atoms with van der Waals surface area (Å²) >= 11 is 0.